The van der Waals surface area contributed by atoms with Crippen LogP contribution in [0.1, 0.15) is 43.0 Å². The summed E-state index contributed by atoms with van der Waals surface area (Å²) in [5.41, 5.74) is 6.21. The van der Waals surface area contributed by atoms with Gasteiger partial charge in [0, 0.05) is 45.1 Å². The van der Waals surface area contributed by atoms with E-state index in [1.807, 2.05) is 62.6 Å². The fraction of sp³-hybridized carbons (Fsp3) is 0.0667. The van der Waals surface area contributed by atoms with Gasteiger partial charge in [-0.15, -0.1) is 11.3 Å². The van der Waals surface area contributed by atoms with Gasteiger partial charge in [-0.25, -0.2) is 0 Å². The first-order valence-electron chi connectivity index (χ1n) is 11.5. The molecular weight excluding hydrogens is 452 g/mol. The molecule has 0 N–H and O–H groups in total. The first-order valence-corrected chi connectivity index (χ1v) is 12.3. The number of pyridine rings is 2. The fourth-order valence-corrected chi connectivity index (χ4v) is 7.08. The summed E-state index contributed by atoms with van der Waals surface area (Å²) < 4.78 is 0. The van der Waals surface area contributed by atoms with Crippen LogP contribution in [0.15, 0.2) is 60.9 Å². The standard InChI is InChI=1S/C30H16N2O2S/c1-13-3-5-17-15(9-13)11-31-25-23(17)27(33)19-7-8-20-22-21(19)29(25)35-30(22)26-24(28(20)34)18-6-4-14(2)10-16(18)12-32-26/h3-12H,1-2H3. The summed E-state index contributed by atoms with van der Waals surface area (Å²) in [4.78, 5) is 39.1. The molecule has 6 aromatic rings. The van der Waals surface area contributed by atoms with E-state index in [2.05, 4.69) is 12.1 Å². The SMILES string of the molecule is Cc1ccc2c3c(ncc2c1)-c1sc2c4c(ccc(c14)C3=O)C(=O)c1c-2ncc2cc(C)ccc12. The molecule has 3 aromatic carbocycles. The smallest absolute Gasteiger partial charge is 0.196 e. The molecular formula is C30H16N2O2S. The van der Waals surface area contributed by atoms with Gasteiger partial charge in [0.25, 0.3) is 0 Å². The van der Waals surface area contributed by atoms with Crippen LogP contribution in [0, 0.1) is 13.8 Å². The third-order valence-corrected chi connectivity index (χ3v) is 8.53. The second kappa shape index (κ2) is 6.26. The summed E-state index contributed by atoms with van der Waals surface area (Å²) in [6.07, 6.45) is 3.70. The maximum Gasteiger partial charge on any atom is 0.196 e. The Hall–Kier alpha value is -4.22. The van der Waals surface area contributed by atoms with Gasteiger partial charge in [-0.1, -0.05) is 35.4 Å². The summed E-state index contributed by atoms with van der Waals surface area (Å²) in [6, 6.07) is 15.9. The van der Waals surface area contributed by atoms with Crippen molar-refractivity contribution in [3.8, 4) is 21.1 Å². The summed E-state index contributed by atoms with van der Waals surface area (Å²) in [5, 5.41) is 5.41. The molecule has 8 rings (SSSR count). The van der Waals surface area contributed by atoms with E-state index in [0.717, 1.165) is 53.2 Å². The van der Waals surface area contributed by atoms with Crippen LogP contribution in [-0.4, -0.2) is 21.5 Å². The Morgan fingerprint density at radius 1 is 0.629 bits per heavy atom. The van der Waals surface area contributed by atoms with Crippen molar-refractivity contribution in [2.24, 2.45) is 0 Å². The Morgan fingerprint density at radius 2 is 1.09 bits per heavy atom. The number of benzene rings is 3. The number of carbonyl (C=O) groups excluding carboxylic acids is 2. The Labute approximate surface area is 203 Å². The Balaban J connectivity index is 1.52. The molecule has 3 aromatic heterocycles. The van der Waals surface area contributed by atoms with Gasteiger partial charge in [0.05, 0.1) is 32.3 Å². The summed E-state index contributed by atoms with van der Waals surface area (Å²) in [5.74, 6) is -0.0731. The van der Waals surface area contributed by atoms with Gasteiger partial charge in [0.15, 0.2) is 11.6 Å². The highest BCUT2D eigenvalue weighted by atomic mass is 32.1. The average Bonchev–Trinajstić information content (AvgIpc) is 3.26. The van der Waals surface area contributed by atoms with Crippen LogP contribution in [0.3, 0.4) is 0 Å². The van der Waals surface area contributed by atoms with E-state index < -0.39 is 0 Å². The molecule has 2 aliphatic rings. The van der Waals surface area contributed by atoms with Crippen LogP contribution in [0.5, 0.6) is 0 Å². The summed E-state index contributed by atoms with van der Waals surface area (Å²) in [7, 11) is 0. The maximum atomic E-state index is 13.8. The molecule has 3 heterocycles. The van der Waals surface area contributed by atoms with Crippen molar-refractivity contribution in [2.45, 2.75) is 13.8 Å². The Bertz CT molecular complexity index is 1870. The van der Waals surface area contributed by atoms with E-state index in [0.29, 0.717) is 33.6 Å². The second-order valence-electron chi connectivity index (χ2n) is 9.47. The Kier molecular flexibility index (Phi) is 3.42. The minimum absolute atomic E-state index is 0.0365. The van der Waals surface area contributed by atoms with Gasteiger partial charge < -0.3 is 0 Å². The van der Waals surface area contributed by atoms with E-state index in [1.165, 1.54) is 0 Å². The lowest BCUT2D eigenvalue weighted by atomic mass is 9.82. The number of thiophene rings is 1. The average molecular weight is 469 g/mol. The van der Waals surface area contributed by atoms with Gasteiger partial charge in [0.1, 0.15) is 0 Å². The monoisotopic (exact) mass is 468 g/mol. The lowest BCUT2D eigenvalue weighted by Gasteiger charge is -2.20. The van der Waals surface area contributed by atoms with Crippen LogP contribution < -0.4 is 0 Å². The van der Waals surface area contributed by atoms with Crippen molar-refractivity contribution in [2.75, 3.05) is 0 Å². The summed E-state index contributed by atoms with van der Waals surface area (Å²) >= 11 is 1.59. The van der Waals surface area contributed by atoms with Crippen LogP contribution in [0.25, 0.3) is 53.5 Å². The molecule has 0 spiro atoms. The highest BCUT2D eigenvalue weighted by Crippen LogP contribution is 2.53. The van der Waals surface area contributed by atoms with Crippen molar-refractivity contribution >= 4 is 55.2 Å². The zero-order valence-electron chi connectivity index (χ0n) is 18.9. The van der Waals surface area contributed by atoms with Gasteiger partial charge in [0.2, 0.25) is 0 Å². The van der Waals surface area contributed by atoms with Crippen molar-refractivity contribution < 1.29 is 9.59 Å². The zero-order valence-corrected chi connectivity index (χ0v) is 19.7. The quantitative estimate of drug-likeness (QED) is 0.240. The van der Waals surface area contributed by atoms with Gasteiger partial charge in [-0.2, -0.15) is 0 Å². The number of nitrogens with zero attached hydrogens (tertiary/aromatic N) is 2. The molecule has 5 heteroatoms. The number of aryl methyl sites for hydroxylation is 2. The first-order chi connectivity index (χ1) is 17.0. The fourth-order valence-electron chi connectivity index (χ4n) is 5.75. The number of carbonyl (C=O) groups is 2. The largest absolute Gasteiger partial charge is 0.288 e. The molecule has 35 heavy (non-hydrogen) atoms. The van der Waals surface area contributed by atoms with E-state index in [4.69, 9.17) is 9.97 Å². The van der Waals surface area contributed by atoms with Gasteiger partial charge in [-0.05, 0) is 48.9 Å². The third kappa shape index (κ3) is 2.26. The molecule has 0 amide bonds. The summed E-state index contributed by atoms with van der Waals surface area (Å²) in [6.45, 7) is 4.07. The normalized spacial score (nSPS) is 13.5. The minimum Gasteiger partial charge on any atom is -0.288 e. The van der Waals surface area contributed by atoms with Crippen molar-refractivity contribution in [3.05, 3.63) is 94.3 Å². The van der Waals surface area contributed by atoms with E-state index in [9.17, 15) is 9.59 Å². The molecule has 0 saturated heterocycles. The lowest BCUT2D eigenvalue weighted by Crippen LogP contribution is -2.14. The highest BCUT2D eigenvalue weighted by Gasteiger charge is 2.37. The van der Waals surface area contributed by atoms with Crippen LogP contribution in [0.2, 0.25) is 0 Å². The molecule has 164 valence electrons. The van der Waals surface area contributed by atoms with E-state index in [-0.39, 0.29) is 11.6 Å². The molecule has 0 bridgehead atoms. The third-order valence-electron chi connectivity index (χ3n) is 7.33. The molecule has 0 atom stereocenters. The lowest BCUT2D eigenvalue weighted by molar-refractivity contribution is 0.103. The first kappa shape index (κ1) is 19.1. The van der Waals surface area contributed by atoms with Gasteiger partial charge >= 0.3 is 0 Å². The molecule has 0 unspecified atom stereocenters. The topological polar surface area (TPSA) is 59.9 Å². The molecule has 0 aliphatic heterocycles. The number of hydrogen-bond donors (Lipinski definition) is 0. The predicted octanol–water partition coefficient (Wildman–Crippen LogP) is 7.04. The van der Waals surface area contributed by atoms with Crippen LogP contribution in [-0.2, 0) is 0 Å². The molecule has 2 aliphatic carbocycles. The van der Waals surface area contributed by atoms with Crippen molar-refractivity contribution in [1.29, 1.82) is 0 Å². The minimum atomic E-state index is -0.0365. The molecule has 4 nitrogen and oxygen atoms in total. The maximum absolute atomic E-state index is 13.8. The number of fused-ring (bicyclic) bond motifs is 8. The second-order valence-corrected chi connectivity index (χ2v) is 10.5. The molecule has 0 saturated carbocycles. The number of ketones is 2. The van der Waals surface area contributed by atoms with Gasteiger partial charge in [-0.3, -0.25) is 19.6 Å². The number of aromatic nitrogens is 2. The van der Waals surface area contributed by atoms with E-state index in [1.54, 1.807) is 11.3 Å². The number of hydrogen-bond acceptors (Lipinski definition) is 5. The van der Waals surface area contributed by atoms with Crippen LogP contribution in [0.4, 0.5) is 0 Å². The predicted molar refractivity (Wildman–Crippen MR) is 140 cm³/mol. The van der Waals surface area contributed by atoms with E-state index >= 15 is 0 Å². The molecule has 0 fully saturated rings. The zero-order chi connectivity index (χ0) is 23.6. The highest BCUT2D eigenvalue weighted by molar-refractivity contribution is 7.21. The van der Waals surface area contributed by atoms with Crippen molar-refractivity contribution in [3.63, 3.8) is 0 Å². The number of rotatable bonds is 0. The van der Waals surface area contributed by atoms with Crippen molar-refractivity contribution in [1.82, 2.24) is 9.97 Å². The molecule has 0 radical (unpaired) electrons. The Morgan fingerprint density at radius 3 is 1.54 bits per heavy atom. The van der Waals surface area contributed by atoms with Crippen LogP contribution >= 0.6 is 11.3 Å².